The monoisotopic (exact) mass is 362 g/mol. The van der Waals surface area contributed by atoms with Gasteiger partial charge in [0, 0.05) is 25.1 Å². The molecule has 3 heteroatoms. The average Bonchev–Trinajstić information content (AvgIpc) is 3.15. The molecule has 0 amide bonds. The molecule has 0 fully saturated rings. The molecular weight excluding hydrogens is 344 g/mol. The van der Waals surface area contributed by atoms with E-state index in [4.69, 9.17) is 0 Å². The van der Waals surface area contributed by atoms with Crippen LogP contribution in [0.3, 0.4) is 0 Å². The molecule has 0 radical (unpaired) electrons. The van der Waals surface area contributed by atoms with Crippen LogP contribution in [0, 0.1) is 20.8 Å². The molecule has 0 saturated heterocycles. The molecule has 2 aromatic heterocycles. The third-order valence-electron chi connectivity index (χ3n) is 4.42. The highest BCUT2D eigenvalue weighted by atomic mass is 32.1. The molecule has 4 rings (SSSR count). The van der Waals surface area contributed by atoms with E-state index in [-0.39, 0.29) is 0 Å². The number of hydrogen-bond donors (Lipinski definition) is 0. The number of fused-ring (bicyclic) bond motifs is 1. The predicted molar refractivity (Wildman–Crippen MR) is 110 cm³/mol. The van der Waals surface area contributed by atoms with Crippen molar-refractivity contribution in [3.63, 3.8) is 0 Å². The minimum Gasteiger partial charge on any atom is -0.298 e. The van der Waals surface area contributed by atoms with E-state index >= 15 is 0 Å². The van der Waals surface area contributed by atoms with Gasteiger partial charge >= 0.3 is 0 Å². The molecule has 4 aromatic rings. The molecule has 25 heavy (non-hydrogen) atoms. The Bertz CT molecular complexity index is 1100. The van der Waals surface area contributed by atoms with Gasteiger partial charge in [-0.25, -0.2) is 0 Å². The Morgan fingerprint density at radius 2 is 1.28 bits per heavy atom. The highest BCUT2D eigenvalue weighted by Gasteiger charge is 2.11. The molecule has 0 aliphatic rings. The molecule has 124 valence electrons. The highest BCUT2D eigenvalue weighted by Crippen LogP contribution is 2.36. The van der Waals surface area contributed by atoms with E-state index in [1.54, 1.807) is 11.3 Å². The standard InChI is InChI=1S/C22H18OS2/c1-13-8-14(2)24-21(13)18-6-4-17-11-19(7-5-16(17)10-18)22-20(12-23)9-15(3)25-22/h4-12H,1-3H3. The molecule has 1 nitrogen and oxygen atoms in total. The van der Waals surface area contributed by atoms with E-state index in [9.17, 15) is 4.79 Å². The summed E-state index contributed by atoms with van der Waals surface area (Å²) in [5.41, 5.74) is 4.51. The van der Waals surface area contributed by atoms with Crippen molar-refractivity contribution in [1.82, 2.24) is 0 Å². The van der Waals surface area contributed by atoms with Gasteiger partial charge in [-0.1, -0.05) is 24.3 Å². The van der Waals surface area contributed by atoms with E-state index in [2.05, 4.69) is 56.3 Å². The van der Waals surface area contributed by atoms with Gasteiger partial charge in [0.05, 0.1) is 0 Å². The maximum Gasteiger partial charge on any atom is 0.151 e. The second-order valence-electron chi connectivity index (χ2n) is 6.41. The van der Waals surface area contributed by atoms with Crippen LogP contribution in [0.2, 0.25) is 0 Å². The summed E-state index contributed by atoms with van der Waals surface area (Å²) in [6, 6.07) is 17.3. The third kappa shape index (κ3) is 2.94. The predicted octanol–water partition coefficient (Wildman–Crippen LogP) is 7.03. The summed E-state index contributed by atoms with van der Waals surface area (Å²) in [7, 11) is 0. The fourth-order valence-corrected chi connectivity index (χ4v) is 5.30. The van der Waals surface area contributed by atoms with Crippen LogP contribution in [0.5, 0.6) is 0 Å². The van der Waals surface area contributed by atoms with E-state index < -0.39 is 0 Å². The summed E-state index contributed by atoms with van der Waals surface area (Å²) < 4.78 is 0. The maximum atomic E-state index is 11.3. The number of carbonyl (C=O) groups excluding carboxylic acids is 1. The zero-order valence-corrected chi connectivity index (χ0v) is 16.1. The van der Waals surface area contributed by atoms with Crippen molar-refractivity contribution in [3.05, 3.63) is 69.4 Å². The lowest BCUT2D eigenvalue weighted by atomic mass is 10.0. The molecule has 0 atom stereocenters. The van der Waals surface area contributed by atoms with Crippen molar-refractivity contribution in [3.8, 4) is 20.9 Å². The zero-order chi connectivity index (χ0) is 17.6. The molecule has 0 unspecified atom stereocenters. The van der Waals surface area contributed by atoms with Gasteiger partial charge < -0.3 is 0 Å². The fraction of sp³-hybridized carbons (Fsp3) is 0.136. The summed E-state index contributed by atoms with van der Waals surface area (Å²) in [6.07, 6.45) is 0.952. The lowest BCUT2D eigenvalue weighted by Gasteiger charge is -2.06. The number of thiophene rings is 2. The normalized spacial score (nSPS) is 11.2. The van der Waals surface area contributed by atoms with Gasteiger partial charge in [-0.3, -0.25) is 4.79 Å². The number of aldehydes is 1. The van der Waals surface area contributed by atoms with Gasteiger partial charge in [0.2, 0.25) is 0 Å². The Labute approximate surface area is 155 Å². The largest absolute Gasteiger partial charge is 0.298 e. The van der Waals surface area contributed by atoms with Gasteiger partial charge in [-0.2, -0.15) is 0 Å². The Morgan fingerprint density at radius 3 is 1.84 bits per heavy atom. The first-order valence-electron chi connectivity index (χ1n) is 8.22. The maximum absolute atomic E-state index is 11.3. The van der Waals surface area contributed by atoms with Crippen molar-refractivity contribution in [2.75, 3.05) is 0 Å². The van der Waals surface area contributed by atoms with Crippen LogP contribution in [-0.2, 0) is 0 Å². The molecule has 0 N–H and O–H groups in total. The van der Waals surface area contributed by atoms with Crippen LogP contribution in [0.15, 0.2) is 48.5 Å². The molecule has 0 saturated carbocycles. The van der Waals surface area contributed by atoms with Crippen LogP contribution in [-0.4, -0.2) is 6.29 Å². The van der Waals surface area contributed by atoms with E-state index in [0.717, 1.165) is 27.2 Å². The van der Waals surface area contributed by atoms with Gasteiger partial charge in [-0.15, -0.1) is 22.7 Å². The first kappa shape index (κ1) is 16.2. The minimum absolute atomic E-state index is 0.781. The average molecular weight is 363 g/mol. The first-order chi connectivity index (χ1) is 12.0. The van der Waals surface area contributed by atoms with Crippen LogP contribution in [0.1, 0.15) is 25.7 Å². The smallest absolute Gasteiger partial charge is 0.151 e. The number of benzene rings is 2. The van der Waals surface area contributed by atoms with E-state index in [1.165, 1.54) is 31.7 Å². The molecule has 2 heterocycles. The molecule has 0 aliphatic carbocycles. The van der Waals surface area contributed by atoms with Crippen LogP contribution < -0.4 is 0 Å². The lowest BCUT2D eigenvalue weighted by molar-refractivity contribution is 0.112. The third-order valence-corrected chi connectivity index (χ3v) is 6.73. The summed E-state index contributed by atoms with van der Waals surface area (Å²) in [4.78, 5) is 16.2. The van der Waals surface area contributed by atoms with Gasteiger partial charge in [0.1, 0.15) is 0 Å². The quantitative estimate of drug-likeness (QED) is 0.357. The van der Waals surface area contributed by atoms with Crippen molar-refractivity contribution >= 4 is 39.7 Å². The van der Waals surface area contributed by atoms with Crippen LogP contribution >= 0.6 is 22.7 Å². The van der Waals surface area contributed by atoms with Gasteiger partial charge in [0.25, 0.3) is 0 Å². The lowest BCUT2D eigenvalue weighted by Crippen LogP contribution is -1.82. The Kier molecular flexibility index (Phi) is 4.06. The fourth-order valence-electron chi connectivity index (χ4n) is 3.30. The summed E-state index contributed by atoms with van der Waals surface area (Å²) in [5, 5.41) is 2.43. The number of carbonyl (C=O) groups is 1. The Morgan fingerprint density at radius 1 is 0.720 bits per heavy atom. The van der Waals surface area contributed by atoms with Crippen molar-refractivity contribution in [2.24, 2.45) is 0 Å². The van der Waals surface area contributed by atoms with Crippen molar-refractivity contribution in [2.45, 2.75) is 20.8 Å². The molecular formula is C22H18OS2. The molecule has 0 spiro atoms. The summed E-state index contributed by atoms with van der Waals surface area (Å²) >= 11 is 3.52. The molecule has 2 aromatic carbocycles. The summed E-state index contributed by atoms with van der Waals surface area (Å²) in [6.45, 7) is 6.37. The van der Waals surface area contributed by atoms with Crippen molar-refractivity contribution in [1.29, 1.82) is 0 Å². The van der Waals surface area contributed by atoms with E-state index in [0.29, 0.717) is 0 Å². The van der Waals surface area contributed by atoms with E-state index in [1.807, 2.05) is 24.3 Å². The minimum atomic E-state index is 0.781. The zero-order valence-electron chi connectivity index (χ0n) is 14.4. The Balaban J connectivity index is 1.81. The number of hydrogen-bond acceptors (Lipinski definition) is 3. The second kappa shape index (κ2) is 6.25. The highest BCUT2D eigenvalue weighted by molar-refractivity contribution is 7.16. The first-order valence-corrected chi connectivity index (χ1v) is 9.85. The van der Waals surface area contributed by atoms with Crippen LogP contribution in [0.4, 0.5) is 0 Å². The van der Waals surface area contributed by atoms with Gasteiger partial charge in [0.15, 0.2) is 6.29 Å². The second-order valence-corrected chi connectivity index (χ2v) is 8.92. The number of rotatable bonds is 3. The Hall–Kier alpha value is -2.23. The number of aryl methyl sites for hydroxylation is 3. The van der Waals surface area contributed by atoms with Crippen molar-refractivity contribution < 1.29 is 4.79 Å². The van der Waals surface area contributed by atoms with Gasteiger partial charge in [-0.05, 0) is 72.5 Å². The topological polar surface area (TPSA) is 17.1 Å². The SMILES string of the molecule is Cc1cc(C)c(-c2ccc3cc(-c4sc(C)cc4C=O)ccc3c2)s1. The molecule has 0 bridgehead atoms. The summed E-state index contributed by atoms with van der Waals surface area (Å²) in [5.74, 6) is 0. The molecule has 0 aliphatic heterocycles. The van der Waals surface area contributed by atoms with Crippen LogP contribution in [0.25, 0.3) is 31.7 Å².